The van der Waals surface area contributed by atoms with E-state index in [0.29, 0.717) is 24.1 Å². The number of para-hydroxylation sites is 1. The van der Waals surface area contributed by atoms with Crippen LogP contribution >= 0.6 is 11.6 Å². The second-order valence-electron chi connectivity index (χ2n) is 7.27. The van der Waals surface area contributed by atoms with E-state index in [1.807, 2.05) is 0 Å². The van der Waals surface area contributed by atoms with Crippen LogP contribution in [-0.4, -0.2) is 14.3 Å². The summed E-state index contributed by atoms with van der Waals surface area (Å²) in [7, 11) is -3.92. The van der Waals surface area contributed by atoms with Gasteiger partial charge in [-0.05, 0) is 49.6 Å². The molecule has 2 aromatic carbocycles. The second-order valence-corrected chi connectivity index (χ2v) is 9.33. The Hall–Kier alpha value is -2.56. The van der Waals surface area contributed by atoms with Gasteiger partial charge in [-0.1, -0.05) is 49.1 Å². The van der Waals surface area contributed by atoms with Gasteiger partial charge in [0.2, 0.25) is 5.91 Å². The highest BCUT2D eigenvalue weighted by molar-refractivity contribution is 7.92. The van der Waals surface area contributed by atoms with E-state index in [2.05, 4.69) is 16.1 Å². The van der Waals surface area contributed by atoms with Crippen LogP contribution in [0.1, 0.15) is 37.7 Å². The van der Waals surface area contributed by atoms with E-state index in [1.54, 1.807) is 43.3 Å². The van der Waals surface area contributed by atoms with E-state index < -0.39 is 15.4 Å². The molecular weight excluding hydrogens is 410 g/mol. The Bertz CT molecular complexity index is 1070. The minimum Gasteiger partial charge on any atom is -0.325 e. The fourth-order valence-electron chi connectivity index (χ4n) is 3.51. The van der Waals surface area contributed by atoms with Gasteiger partial charge in [0.1, 0.15) is 5.41 Å². The Morgan fingerprint density at radius 2 is 1.83 bits per heavy atom. The van der Waals surface area contributed by atoms with Gasteiger partial charge in [-0.15, -0.1) is 0 Å². The van der Waals surface area contributed by atoms with E-state index in [1.165, 1.54) is 6.07 Å². The fraction of sp³-hybridized carbons (Fsp3) is 0.333. The van der Waals surface area contributed by atoms with Crippen LogP contribution in [0.5, 0.6) is 0 Å². The van der Waals surface area contributed by atoms with Crippen LogP contribution in [0.2, 0.25) is 5.02 Å². The maximum Gasteiger partial charge on any atom is 0.262 e. The van der Waals surface area contributed by atoms with Gasteiger partial charge in [0.15, 0.2) is 0 Å². The Balaban J connectivity index is 1.87. The van der Waals surface area contributed by atoms with Crippen molar-refractivity contribution >= 4 is 38.9 Å². The molecular formula is C21H22ClN3O3S. The zero-order valence-electron chi connectivity index (χ0n) is 16.0. The number of halogens is 1. The Labute approximate surface area is 175 Å². The molecule has 0 radical (unpaired) electrons. The molecule has 0 heterocycles. The van der Waals surface area contributed by atoms with Crippen LogP contribution < -0.4 is 10.0 Å². The number of nitriles is 1. The standard InChI is InChI=1S/C21H22ClN3O3S/c1-15-9-10-16(24-20(26)21(14-23)11-5-2-6-12-21)13-19(15)29(27,28)25-18-8-4-3-7-17(18)22/h3-4,7-10,13,25H,2,5-6,11-12H2,1H3,(H,24,26). The van der Waals surface area contributed by atoms with Crippen molar-refractivity contribution in [2.24, 2.45) is 5.41 Å². The molecule has 1 aliphatic rings. The van der Waals surface area contributed by atoms with E-state index in [9.17, 15) is 18.5 Å². The zero-order valence-corrected chi connectivity index (χ0v) is 17.6. The first-order chi connectivity index (χ1) is 13.8. The van der Waals surface area contributed by atoms with Crippen molar-refractivity contribution in [3.8, 4) is 6.07 Å². The monoisotopic (exact) mass is 431 g/mol. The number of benzene rings is 2. The van der Waals surface area contributed by atoms with Gasteiger partial charge >= 0.3 is 0 Å². The summed E-state index contributed by atoms with van der Waals surface area (Å²) >= 11 is 6.06. The smallest absolute Gasteiger partial charge is 0.262 e. The number of nitrogens with zero attached hydrogens (tertiary/aromatic N) is 1. The van der Waals surface area contributed by atoms with Crippen LogP contribution in [0.15, 0.2) is 47.4 Å². The Kier molecular flexibility index (Phi) is 6.15. The van der Waals surface area contributed by atoms with E-state index in [4.69, 9.17) is 11.6 Å². The number of aryl methyl sites for hydroxylation is 1. The summed E-state index contributed by atoms with van der Waals surface area (Å²) in [5.74, 6) is -0.383. The molecule has 1 saturated carbocycles. The first-order valence-corrected chi connectivity index (χ1v) is 11.2. The molecule has 1 amide bonds. The summed E-state index contributed by atoms with van der Waals surface area (Å²) in [5.41, 5.74) is 0.0713. The van der Waals surface area contributed by atoms with Gasteiger partial charge in [-0.2, -0.15) is 5.26 Å². The highest BCUT2D eigenvalue weighted by Crippen LogP contribution is 2.37. The SMILES string of the molecule is Cc1ccc(NC(=O)C2(C#N)CCCCC2)cc1S(=O)(=O)Nc1ccccc1Cl. The van der Waals surface area contributed by atoms with Crippen LogP contribution in [0.4, 0.5) is 11.4 Å². The lowest BCUT2D eigenvalue weighted by molar-refractivity contribution is -0.124. The summed E-state index contributed by atoms with van der Waals surface area (Å²) in [5, 5.41) is 12.6. The molecule has 152 valence electrons. The third kappa shape index (κ3) is 4.55. The average Bonchev–Trinajstić information content (AvgIpc) is 2.71. The molecule has 0 aromatic heterocycles. The summed E-state index contributed by atoms with van der Waals surface area (Å²) in [6, 6.07) is 13.4. The number of sulfonamides is 1. The molecule has 0 aliphatic heterocycles. The molecule has 1 aliphatic carbocycles. The molecule has 0 unspecified atom stereocenters. The van der Waals surface area contributed by atoms with Gasteiger partial charge in [0.25, 0.3) is 10.0 Å². The van der Waals surface area contributed by atoms with Gasteiger partial charge < -0.3 is 5.32 Å². The number of hydrogen-bond donors (Lipinski definition) is 2. The lowest BCUT2D eigenvalue weighted by atomic mass is 9.74. The summed E-state index contributed by atoms with van der Waals surface area (Å²) in [6.07, 6.45) is 3.70. The highest BCUT2D eigenvalue weighted by Gasteiger charge is 2.39. The predicted octanol–water partition coefficient (Wildman–Crippen LogP) is 4.86. The normalized spacial score (nSPS) is 15.9. The van der Waals surface area contributed by atoms with Gasteiger partial charge in [0, 0.05) is 5.69 Å². The summed E-state index contributed by atoms with van der Waals surface area (Å²) < 4.78 is 28.3. The fourth-order valence-corrected chi connectivity index (χ4v) is 5.10. The number of hydrogen-bond acceptors (Lipinski definition) is 4. The number of anilines is 2. The van der Waals surface area contributed by atoms with Crippen molar-refractivity contribution in [2.75, 3.05) is 10.0 Å². The first kappa shape index (κ1) is 21.2. The van der Waals surface area contributed by atoms with Crippen molar-refractivity contribution in [1.29, 1.82) is 5.26 Å². The van der Waals surface area contributed by atoms with Crippen LogP contribution in [0.25, 0.3) is 0 Å². The van der Waals surface area contributed by atoms with Gasteiger partial charge in [-0.25, -0.2) is 8.42 Å². The molecule has 0 bridgehead atoms. The van der Waals surface area contributed by atoms with E-state index in [0.717, 1.165) is 19.3 Å². The van der Waals surface area contributed by atoms with E-state index in [-0.39, 0.29) is 21.5 Å². The minimum absolute atomic E-state index is 0.0323. The van der Waals surface area contributed by atoms with Crippen molar-refractivity contribution in [3.63, 3.8) is 0 Å². The molecule has 8 heteroatoms. The average molecular weight is 432 g/mol. The number of carbonyl (C=O) groups excluding carboxylic acids is 1. The maximum atomic E-state index is 12.9. The lowest BCUT2D eigenvalue weighted by Crippen LogP contribution is -2.36. The number of nitrogens with one attached hydrogen (secondary N) is 2. The molecule has 3 rings (SSSR count). The third-order valence-corrected chi connectivity index (χ3v) is 7.05. The molecule has 2 aromatic rings. The maximum absolute atomic E-state index is 12.9. The number of amides is 1. The van der Waals surface area contributed by atoms with Crippen molar-refractivity contribution in [1.82, 2.24) is 0 Å². The van der Waals surface area contributed by atoms with Crippen LogP contribution in [0.3, 0.4) is 0 Å². The third-order valence-electron chi connectivity index (χ3n) is 5.21. The van der Waals surface area contributed by atoms with Gasteiger partial charge in [0.05, 0.1) is 21.7 Å². The summed E-state index contributed by atoms with van der Waals surface area (Å²) in [6.45, 7) is 1.67. The minimum atomic E-state index is -3.92. The number of rotatable bonds is 5. The van der Waals surface area contributed by atoms with Crippen molar-refractivity contribution < 1.29 is 13.2 Å². The lowest BCUT2D eigenvalue weighted by Gasteiger charge is -2.29. The van der Waals surface area contributed by atoms with Crippen LogP contribution in [-0.2, 0) is 14.8 Å². The topological polar surface area (TPSA) is 99.1 Å². The quantitative estimate of drug-likeness (QED) is 0.705. The summed E-state index contributed by atoms with van der Waals surface area (Å²) in [4.78, 5) is 12.8. The van der Waals surface area contributed by atoms with Crippen molar-refractivity contribution in [2.45, 2.75) is 43.9 Å². The molecule has 0 saturated heterocycles. The van der Waals surface area contributed by atoms with Gasteiger partial charge in [-0.3, -0.25) is 9.52 Å². The zero-order chi connectivity index (χ0) is 21.1. The Morgan fingerprint density at radius 3 is 2.48 bits per heavy atom. The Morgan fingerprint density at radius 1 is 1.14 bits per heavy atom. The largest absolute Gasteiger partial charge is 0.325 e. The molecule has 0 spiro atoms. The van der Waals surface area contributed by atoms with Crippen molar-refractivity contribution in [3.05, 3.63) is 53.1 Å². The van der Waals surface area contributed by atoms with E-state index >= 15 is 0 Å². The molecule has 29 heavy (non-hydrogen) atoms. The predicted molar refractivity (Wildman–Crippen MR) is 113 cm³/mol. The molecule has 0 atom stereocenters. The van der Waals surface area contributed by atoms with Crippen LogP contribution in [0, 0.1) is 23.7 Å². The first-order valence-electron chi connectivity index (χ1n) is 9.38. The second kappa shape index (κ2) is 8.44. The number of carbonyl (C=O) groups is 1. The highest BCUT2D eigenvalue weighted by atomic mass is 35.5. The molecule has 6 nitrogen and oxygen atoms in total. The molecule has 2 N–H and O–H groups in total. The molecule has 1 fully saturated rings.